The Morgan fingerprint density at radius 2 is 2.20 bits per heavy atom. The monoisotopic (exact) mass is 435 g/mol. The molecule has 0 aliphatic carbocycles. The highest BCUT2D eigenvalue weighted by molar-refractivity contribution is 7.86. The lowest BCUT2D eigenvalue weighted by Gasteiger charge is -2.35. The van der Waals surface area contributed by atoms with Gasteiger partial charge in [0.05, 0.1) is 29.3 Å². The summed E-state index contributed by atoms with van der Waals surface area (Å²) < 4.78 is 29.8. The lowest BCUT2D eigenvalue weighted by molar-refractivity contribution is 0.226. The van der Waals surface area contributed by atoms with Crippen LogP contribution in [0.2, 0.25) is 0 Å². The maximum Gasteiger partial charge on any atom is 0.279 e. The van der Waals surface area contributed by atoms with E-state index < -0.39 is 12.1 Å². The Labute approximate surface area is 177 Å². The van der Waals surface area contributed by atoms with Crippen LogP contribution in [-0.4, -0.2) is 63.2 Å². The van der Waals surface area contributed by atoms with Crippen molar-refractivity contribution in [3.05, 3.63) is 30.5 Å². The molecule has 2 aromatic rings. The molecule has 2 aromatic heterocycles. The number of alkyl halides is 2. The number of aromatic nitrogens is 4. The zero-order chi connectivity index (χ0) is 21.7. The van der Waals surface area contributed by atoms with Crippen molar-refractivity contribution in [2.75, 3.05) is 30.0 Å². The van der Waals surface area contributed by atoms with Crippen LogP contribution in [0.4, 0.5) is 14.6 Å². The third kappa shape index (κ3) is 5.78. The van der Waals surface area contributed by atoms with Gasteiger partial charge in [-0.15, -0.1) is 10.7 Å². The van der Waals surface area contributed by atoms with Crippen molar-refractivity contribution in [2.45, 2.75) is 32.7 Å². The van der Waals surface area contributed by atoms with Gasteiger partial charge in [0.1, 0.15) is 18.0 Å². The van der Waals surface area contributed by atoms with Crippen LogP contribution in [0, 0.1) is 11.3 Å². The number of piperidine rings is 1. The number of aromatic amines is 1. The van der Waals surface area contributed by atoms with Crippen molar-refractivity contribution in [3.63, 3.8) is 0 Å². The zero-order valence-electron chi connectivity index (χ0n) is 17.3. The normalized spacial score (nSPS) is 20.9. The van der Waals surface area contributed by atoms with Crippen LogP contribution in [-0.2, 0) is 10.7 Å². The van der Waals surface area contributed by atoms with Gasteiger partial charge in [0, 0.05) is 24.9 Å². The van der Waals surface area contributed by atoms with Crippen LogP contribution >= 0.6 is 0 Å². The van der Waals surface area contributed by atoms with E-state index in [1.807, 2.05) is 6.07 Å². The van der Waals surface area contributed by atoms with Crippen molar-refractivity contribution in [3.8, 4) is 11.4 Å². The van der Waals surface area contributed by atoms with Gasteiger partial charge >= 0.3 is 0 Å². The van der Waals surface area contributed by atoms with Crippen LogP contribution in [0.15, 0.2) is 29.0 Å². The molecular weight excluding hydrogens is 408 g/mol. The second kappa shape index (κ2) is 10.0. The van der Waals surface area contributed by atoms with Crippen LogP contribution < -0.4 is 4.90 Å². The van der Waals surface area contributed by atoms with E-state index in [4.69, 9.17) is 9.77 Å². The summed E-state index contributed by atoms with van der Waals surface area (Å²) in [4.78, 5) is 18.2. The molecule has 7 nitrogen and oxygen atoms in total. The molecule has 2 N–H and O–H groups in total. The number of hydrogen-bond acceptors (Lipinski definition) is 6. The topological polar surface area (TPSA) is 93.9 Å². The number of nitrogens with one attached hydrogen (secondary N) is 2. The number of anilines is 1. The van der Waals surface area contributed by atoms with Crippen molar-refractivity contribution < 1.29 is 8.78 Å². The number of H-pyrrole nitrogens is 1. The van der Waals surface area contributed by atoms with Gasteiger partial charge in [-0.2, -0.15) is 0 Å². The SMILES string of the molecule is CC/S(C)=N/C1CC(C)CN(c2cc(-c3cnc(/C=C\C(=N)C(F)F)[nH]3)ncn2)C1. The Morgan fingerprint density at radius 3 is 2.93 bits per heavy atom. The fraction of sp³-hybridized carbons (Fsp3) is 0.500. The number of rotatable bonds is 7. The summed E-state index contributed by atoms with van der Waals surface area (Å²) in [7, 11) is 0.0831. The molecule has 3 atom stereocenters. The smallest absolute Gasteiger partial charge is 0.279 e. The van der Waals surface area contributed by atoms with E-state index in [9.17, 15) is 8.78 Å². The number of nitrogens with zero attached hydrogens (tertiary/aromatic N) is 5. The molecule has 1 saturated heterocycles. The van der Waals surface area contributed by atoms with Gasteiger partial charge < -0.3 is 9.88 Å². The van der Waals surface area contributed by atoms with Crippen LogP contribution in [0.25, 0.3) is 17.5 Å². The molecule has 10 heteroatoms. The first-order chi connectivity index (χ1) is 14.4. The molecule has 0 bridgehead atoms. The quantitative estimate of drug-likeness (QED) is 0.646. The van der Waals surface area contributed by atoms with Crippen molar-refractivity contribution in [1.82, 2.24) is 19.9 Å². The minimum absolute atomic E-state index is 0.0831. The van der Waals surface area contributed by atoms with E-state index in [2.05, 4.69) is 44.9 Å². The van der Waals surface area contributed by atoms with E-state index in [0.717, 1.165) is 37.2 Å². The summed E-state index contributed by atoms with van der Waals surface area (Å²) in [6.45, 7) is 6.15. The Morgan fingerprint density at radius 1 is 1.40 bits per heavy atom. The van der Waals surface area contributed by atoms with Crippen LogP contribution in [0.3, 0.4) is 0 Å². The standard InChI is InChI=1S/C20H27F2N7S/c1-4-30(3)28-14-7-13(2)10-29(11-14)19-8-16(25-12-26-19)17-9-24-18(27-17)6-5-15(23)20(21)22/h5-6,8-9,12-14,20,23H,4,7,10-11H2,1-3H3,(H,24,27)/b6-5-,23-15?. The molecule has 30 heavy (non-hydrogen) atoms. The first kappa shape index (κ1) is 22.2. The van der Waals surface area contributed by atoms with E-state index >= 15 is 0 Å². The highest BCUT2D eigenvalue weighted by atomic mass is 32.2. The summed E-state index contributed by atoms with van der Waals surface area (Å²) in [5.74, 6) is 2.81. The first-order valence-electron chi connectivity index (χ1n) is 9.86. The zero-order valence-corrected chi connectivity index (χ0v) is 18.2. The Balaban J connectivity index is 1.77. The first-order valence-corrected chi connectivity index (χ1v) is 11.6. The van der Waals surface area contributed by atoms with Gasteiger partial charge in [0.2, 0.25) is 0 Å². The fourth-order valence-electron chi connectivity index (χ4n) is 3.37. The maximum atomic E-state index is 12.4. The Kier molecular flexibility index (Phi) is 7.41. The van der Waals surface area contributed by atoms with Gasteiger partial charge in [0.25, 0.3) is 6.43 Å². The summed E-state index contributed by atoms with van der Waals surface area (Å²) >= 11 is 0. The second-order valence-electron chi connectivity index (χ2n) is 7.43. The molecule has 0 amide bonds. The fourth-order valence-corrected chi connectivity index (χ4v) is 4.18. The molecule has 0 aromatic carbocycles. The van der Waals surface area contributed by atoms with E-state index in [0.29, 0.717) is 29.2 Å². The molecule has 1 fully saturated rings. The van der Waals surface area contributed by atoms with Gasteiger partial charge in [-0.3, -0.25) is 9.77 Å². The lowest BCUT2D eigenvalue weighted by Crippen LogP contribution is -2.42. The molecule has 3 unspecified atom stereocenters. The second-order valence-corrected chi connectivity index (χ2v) is 9.42. The summed E-state index contributed by atoms with van der Waals surface area (Å²) in [5, 5.41) is 7.18. The summed E-state index contributed by atoms with van der Waals surface area (Å²) in [5.41, 5.74) is 0.579. The number of halogens is 2. The number of hydrogen-bond donors (Lipinski definition) is 2. The van der Waals surface area contributed by atoms with Gasteiger partial charge in [0.15, 0.2) is 0 Å². The van der Waals surface area contributed by atoms with Crippen molar-refractivity contribution in [2.24, 2.45) is 10.3 Å². The molecule has 0 saturated carbocycles. The van der Waals surface area contributed by atoms with E-state index in [-0.39, 0.29) is 10.7 Å². The molecular formula is C20H27F2N7S. The number of imidazole rings is 1. The number of allylic oxidation sites excluding steroid dienone is 1. The summed E-state index contributed by atoms with van der Waals surface area (Å²) in [6, 6.07) is 2.21. The third-order valence-electron chi connectivity index (χ3n) is 4.89. The minimum atomic E-state index is -2.80. The molecule has 162 valence electrons. The van der Waals surface area contributed by atoms with E-state index in [1.54, 1.807) is 6.20 Å². The van der Waals surface area contributed by atoms with Crippen molar-refractivity contribution in [1.29, 1.82) is 5.41 Å². The van der Waals surface area contributed by atoms with Gasteiger partial charge in [-0.25, -0.2) is 23.7 Å². The molecule has 1 aliphatic heterocycles. The molecule has 0 radical (unpaired) electrons. The van der Waals surface area contributed by atoms with Crippen LogP contribution in [0.1, 0.15) is 26.1 Å². The maximum absolute atomic E-state index is 12.4. The largest absolute Gasteiger partial charge is 0.354 e. The molecule has 1 aliphatic rings. The van der Waals surface area contributed by atoms with Crippen LogP contribution in [0.5, 0.6) is 0 Å². The molecule has 3 rings (SSSR count). The third-order valence-corrected chi connectivity index (χ3v) is 6.38. The minimum Gasteiger partial charge on any atom is -0.354 e. The summed E-state index contributed by atoms with van der Waals surface area (Å²) in [6.07, 6.45) is 5.98. The van der Waals surface area contributed by atoms with Crippen molar-refractivity contribution >= 4 is 28.3 Å². The highest BCUT2D eigenvalue weighted by Crippen LogP contribution is 2.26. The Hall–Kier alpha value is -2.49. The van der Waals surface area contributed by atoms with E-state index in [1.165, 1.54) is 12.4 Å². The predicted molar refractivity (Wildman–Crippen MR) is 118 cm³/mol. The molecule has 0 spiro atoms. The average Bonchev–Trinajstić information content (AvgIpc) is 3.20. The Bertz CT molecular complexity index is 941. The highest BCUT2D eigenvalue weighted by Gasteiger charge is 2.25. The van der Waals surface area contributed by atoms with Gasteiger partial charge in [-0.1, -0.05) is 13.8 Å². The van der Waals surface area contributed by atoms with Gasteiger partial charge in [-0.05, 0) is 30.7 Å². The predicted octanol–water partition coefficient (Wildman–Crippen LogP) is 3.83. The lowest BCUT2D eigenvalue weighted by atomic mass is 9.96. The molecule has 3 heterocycles. The average molecular weight is 436 g/mol.